The minimum atomic E-state index is -1.97. The third-order valence-electron chi connectivity index (χ3n) is 4.38. The van der Waals surface area contributed by atoms with Gasteiger partial charge < -0.3 is 35.0 Å². The predicted octanol–water partition coefficient (Wildman–Crippen LogP) is 1.82. The molecule has 180 valence electrons. The van der Waals surface area contributed by atoms with Gasteiger partial charge >= 0.3 is 17.9 Å². The second-order valence-corrected chi connectivity index (χ2v) is 7.11. The lowest BCUT2D eigenvalue weighted by molar-refractivity contribution is -0.173. The summed E-state index contributed by atoms with van der Waals surface area (Å²) in [6.07, 6.45) is -1.55. The number of phenolic OH excluding ortho intramolecular Hbond substituents is 2. The standard InChI is InChI=1S/C24H24O10/c25-17-7-1-15(2-8-17)5-11-23(31)33-19(13-21(27)28)20(14-22(29)30)34-24(32)12-6-16-3-9-18(26)10-4-16/h1-12,19-21,25-28H,13-14H2,(H,29,30). The van der Waals surface area contributed by atoms with Crippen molar-refractivity contribution in [3.05, 3.63) is 71.8 Å². The number of carbonyl (C=O) groups is 3. The number of phenols is 2. The van der Waals surface area contributed by atoms with Gasteiger partial charge in [-0.2, -0.15) is 0 Å². The van der Waals surface area contributed by atoms with E-state index in [0.717, 1.165) is 12.2 Å². The topological polar surface area (TPSA) is 171 Å². The fourth-order valence-electron chi connectivity index (χ4n) is 2.78. The first kappa shape index (κ1) is 26.1. The molecule has 2 unspecified atom stereocenters. The largest absolute Gasteiger partial charge is 0.508 e. The molecule has 0 bridgehead atoms. The smallest absolute Gasteiger partial charge is 0.331 e. The number of aliphatic hydroxyl groups is 2. The molecule has 2 aromatic rings. The summed E-state index contributed by atoms with van der Waals surface area (Å²) in [5, 5.41) is 46.5. The normalized spacial score (nSPS) is 13.1. The molecule has 0 aliphatic heterocycles. The Kier molecular flexibility index (Phi) is 9.81. The van der Waals surface area contributed by atoms with Crippen molar-refractivity contribution in [1.82, 2.24) is 0 Å². The number of hydrogen-bond donors (Lipinski definition) is 5. The van der Waals surface area contributed by atoms with Crippen LogP contribution in [0.2, 0.25) is 0 Å². The molecular weight excluding hydrogens is 448 g/mol. The highest BCUT2D eigenvalue weighted by atomic mass is 16.6. The fourth-order valence-corrected chi connectivity index (χ4v) is 2.78. The Balaban J connectivity index is 2.12. The van der Waals surface area contributed by atoms with E-state index in [4.69, 9.17) is 9.47 Å². The summed E-state index contributed by atoms with van der Waals surface area (Å²) in [6.45, 7) is 0. The van der Waals surface area contributed by atoms with Crippen molar-refractivity contribution in [1.29, 1.82) is 0 Å². The van der Waals surface area contributed by atoms with Gasteiger partial charge in [0.25, 0.3) is 0 Å². The van der Waals surface area contributed by atoms with Gasteiger partial charge in [-0.3, -0.25) is 4.79 Å². The number of rotatable bonds is 11. The van der Waals surface area contributed by atoms with Gasteiger partial charge in [0.05, 0.1) is 6.42 Å². The molecule has 0 aliphatic carbocycles. The molecule has 10 nitrogen and oxygen atoms in total. The number of aliphatic hydroxyl groups excluding tert-OH is 1. The molecule has 0 aliphatic rings. The maximum Gasteiger partial charge on any atom is 0.331 e. The van der Waals surface area contributed by atoms with Crippen LogP contribution in [0, 0.1) is 0 Å². The third-order valence-corrected chi connectivity index (χ3v) is 4.38. The molecule has 2 rings (SSSR count). The van der Waals surface area contributed by atoms with Crippen LogP contribution in [0.5, 0.6) is 11.5 Å². The molecular formula is C24H24O10. The summed E-state index contributed by atoms with van der Waals surface area (Å²) in [5.74, 6) is -3.19. The average Bonchev–Trinajstić information content (AvgIpc) is 2.77. The van der Waals surface area contributed by atoms with Gasteiger partial charge in [-0.05, 0) is 47.5 Å². The van der Waals surface area contributed by atoms with Crippen LogP contribution >= 0.6 is 0 Å². The quantitative estimate of drug-likeness (QED) is 0.185. The Bertz CT molecular complexity index is 1020. The zero-order valence-corrected chi connectivity index (χ0v) is 17.9. The van der Waals surface area contributed by atoms with E-state index >= 15 is 0 Å². The average molecular weight is 472 g/mol. The number of benzene rings is 2. The van der Waals surface area contributed by atoms with E-state index in [1.54, 1.807) is 0 Å². The summed E-state index contributed by atoms with van der Waals surface area (Å²) >= 11 is 0. The summed E-state index contributed by atoms with van der Waals surface area (Å²) in [6, 6.07) is 11.7. The summed E-state index contributed by atoms with van der Waals surface area (Å²) in [7, 11) is 0. The molecule has 10 heteroatoms. The Morgan fingerprint density at radius 2 is 1.15 bits per heavy atom. The van der Waals surface area contributed by atoms with Gasteiger partial charge in [-0.25, -0.2) is 9.59 Å². The number of ether oxygens (including phenoxy) is 2. The highest BCUT2D eigenvalue weighted by Crippen LogP contribution is 2.17. The van der Waals surface area contributed by atoms with Crippen LogP contribution in [0.3, 0.4) is 0 Å². The van der Waals surface area contributed by atoms with Crippen LogP contribution in [0.1, 0.15) is 24.0 Å². The number of esters is 2. The predicted molar refractivity (Wildman–Crippen MR) is 119 cm³/mol. The molecule has 0 spiro atoms. The summed E-state index contributed by atoms with van der Waals surface area (Å²) < 4.78 is 10.3. The summed E-state index contributed by atoms with van der Waals surface area (Å²) in [4.78, 5) is 35.8. The highest BCUT2D eigenvalue weighted by molar-refractivity contribution is 5.88. The van der Waals surface area contributed by atoms with Gasteiger partial charge in [0, 0.05) is 18.6 Å². The number of hydrogen-bond acceptors (Lipinski definition) is 9. The Hall–Kier alpha value is -4.15. The maximum absolute atomic E-state index is 12.2. The van der Waals surface area contributed by atoms with Crippen LogP contribution in [-0.2, 0) is 23.9 Å². The maximum atomic E-state index is 12.2. The number of aliphatic carboxylic acids is 1. The van der Waals surface area contributed by atoms with E-state index < -0.39 is 49.2 Å². The number of carbonyl (C=O) groups excluding carboxylic acids is 2. The third kappa shape index (κ3) is 9.55. The minimum absolute atomic E-state index is 0.0351. The summed E-state index contributed by atoms with van der Waals surface area (Å²) in [5.41, 5.74) is 1.11. The lowest BCUT2D eigenvalue weighted by Gasteiger charge is -2.25. The molecule has 2 aromatic carbocycles. The van der Waals surface area contributed by atoms with E-state index in [-0.39, 0.29) is 11.5 Å². The second kappa shape index (κ2) is 12.8. The van der Waals surface area contributed by atoms with Crippen LogP contribution in [0.4, 0.5) is 0 Å². The molecule has 0 saturated carbocycles. The first-order valence-corrected chi connectivity index (χ1v) is 10.1. The van der Waals surface area contributed by atoms with Crippen LogP contribution < -0.4 is 0 Å². The number of aromatic hydroxyl groups is 2. The molecule has 0 radical (unpaired) electrons. The van der Waals surface area contributed by atoms with Gasteiger partial charge in [0.2, 0.25) is 0 Å². The first-order chi connectivity index (χ1) is 16.1. The highest BCUT2D eigenvalue weighted by Gasteiger charge is 2.31. The van der Waals surface area contributed by atoms with E-state index in [1.165, 1.54) is 60.7 Å². The molecule has 0 heterocycles. The minimum Gasteiger partial charge on any atom is -0.508 e. The first-order valence-electron chi connectivity index (χ1n) is 10.1. The molecule has 34 heavy (non-hydrogen) atoms. The van der Waals surface area contributed by atoms with Crippen LogP contribution in [0.25, 0.3) is 12.2 Å². The zero-order chi connectivity index (χ0) is 25.1. The molecule has 0 fully saturated rings. The lowest BCUT2D eigenvalue weighted by Crippen LogP contribution is -2.38. The van der Waals surface area contributed by atoms with E-state index in [2.05, 4.69) is 0 Å². The Morgan fingerprint density at radius 1 is 0.735 bits per heavy atom. The van der Waals surface area contributed by atoms with Crippen molar-refractivity contribution in [2.75, 3.05) is 0 Å². The molecule has 0 amide bonds. The molecule has 0 saturated heterocycles. The van der Waals surface area contributed by atoms with E-state index in [1.807, 2.05) is 0 Å². The fraction of sp³-hybridized carbons (Fsp3) is 0.208. The van der Waals surface area contributed by atoms with E-state index in [9.17, 15) is 39.9 Å². The van der Waals surface area contributed by atoms with Crippen molar-refractivity contribution in [3.8, 4) is 11.5 Å². The van der Waals surface area contributed by atoms with Crippen LogP contribution in [0.15, 0.2) is 60.7 Å². The Morgan fingerprint density at radius 3 is 1.53 bits per heavy atom. The van der Waals surface area contributed by atoms with Crippen molar-refractivity contribution in [2.45, 2.75) is 31.3 Å². The van der Waals surface area contributed by atoms with E-state index in [0.29, 0.717) is 11.1 Å². The van der Waals surface area contributed by atoms with Gasteiger partial charge in [0.1, 0.15) is 23.7 Å². The SMILES string of the molecule is O=C(O)CC(OC(=O)C=Cc1ccc(O)cc1)C(CC(O)O)OC(=O)C=Cc1ccc(O)cc1. The van der Waals surface area contributed by atoms with Crippen molar-refractivity contribution < 1.29 is 49.4 Å². The number of carboxylic acid groups (broad SMARTS) is 1. The zero-order valence-electron chi connectivity index (χ0n) is 17.9. The Labute approximate surface area is 194 Å². The van der Waals surface area contributed by atoms with Gasteiger partial charge in [-0.1, -0.05) is 24.3 Å². The van der Waals surface area contributed by atoms with Crippen molar-refractivity contribution in [2.24, 2.45) is 0 Å². The molecule has 5 N–H and O–H groups in total. The molecule has 2 atom stereocenters. The van der Waals surface area contributed by atoms with Crippen LogP contribution in [-0.4, -0.2) is 61.9 Å². The molecule has 0 aromatic heterocycles. The lowest BCUT2D eigenvalue weighted by atomic mass is 10.1. The van der Waals surface area contributed by atoms with Crippen molar-refractivity contribution >= 4 is 30.1 Å². The second-order valence-electron chi connectivity index (χ2n) is 7.11. The number of carboxylic acids is 1. The van der Waals surface area contributed by atoms with Crippen molar-refractivity contribution in [3.63, 3.8) is 0 Å². The van der Waals surface area contributed by atoms with Gasteiger partial charge in [-0.15, -0.1) is 0 Å². The van der Waals surface area contributed by atoms with Gasteiger partial charge in [0.15, 0.2) is 6.29 Å². The monoisotopic (exact) mass is 472 g/mol.